The standard InChI is InChI=1S/C14H22N2O3/c1-4-8-15-10-12-6-7-13(16(17)18)14(9-12)19-11(3)5-2/h6-7,9,11,15H,4-5,8,10H2,1-3H3. The predicted molar refractivity (Wildman–Crippen MR) is 75.5 cm³/mol. The molecule has 19 heavy (non-hydrogen) atoms. The fourth-order valence-electron chi connectivity index (χ4n) is 1.62. The van der Waals surface area contributed by atoms with E-state index in [-0.39, 0.29) is 11.8 Å². The lowest BCUT2D eigenvalue weighted by Gasteiger charge is -2.13. The van der Waals surface area contributed by atoms with Gasteiger partial charge in [-0.1, -0.05) is 19.9 Å². The first-order chi connectivity index (χ1) is 9.08. The molecule has 0 aliphatic heterocycles. The van der Waals surface area contributed by atoms with Gasteiger partial charge in [-0.3, -0.25) is 10.1 Å². The summed E-state index contributed by atoms with van der Waals surface area (Å²) in [6.07, 6.45) is 1.84. The van der Waals surface area contributed by atoms with Crippen LogP contribution < -0.4 is 10.1 Å². The number of benzene rings is 1. The van der Waals surface area contributed by atoms with Gasteiger partial charge in [-0.05, 0) is 37.9 Å². The van der Waals surface area contributed by atoms with E-state index in [1.54, 1.807) is 12.1 Å². The van der Waals surface area contributed by atoms with E-state index in [9.17, 15) is 10.1 Å². The maximum absolute atomic E-state index is 11.0. The highest BCUT2D eigenvalue weighted by molar-refractivity contribution is 5.48. The molecule has 0 saturated heterocycles. The fourth-order valence-corrected chi connectivity index (χ4v) is 1.62. The summed E-state index contributed by atoms with van der Waals surface area (Å²) in [6, 6.07) is 5.04. The molecule has 1 N–H and O–H groups in total. The Morgan fingerprint density at radius 3 is 2.74 bits per heavy atom. The highest BCUT2D eigenvalue weighted by Crippen LogP contribution is 2.29. The minimum absolute atomic E-state index is 0.0274. The molecule has 0 amide bonds. The Labute approximate surface area is 114 Å². The Balaban J connectivity index is 2.87. The molecule has 0 saturated carbocycles. The van der Waals surface area contributed by atoms with Gasteiger partial charge >= 0.3 is 5.69 Å². The van der Waals surface area contributed by atoms with Gasteiger partial charge in [-0.25, -0.2) is 0 Å². The zero-order valence-electron chi connectivity index (χ0n) is 11.8. The topological polar surface area (TPSA) is 64.4 Å². The summed E-state index contributed by atoms with van der Waals surface area (Å²) in [7, 11) is 0. The molecule has 1 unspecified atom stereocenters. The zero-order chi connectivity index (χ0) is 14.3. The fraction of sp³-hybridized carbons (Fsp3) is 0.571. The number of hydrogen-bond acceptors (Lipinski definition) is 4. The Morgan fingerprint density at radius 1 is 1.42 bits per heavy atom. The van der Waals surface area contributed by atoms with Crippen LogP contribution in [0.5, 0.6) is 5.75 Å². The summed E-state index contributed by atoms with van der Waals surface area (Å²) in [5.41, 5.74) is 1.02. The third kappa shape index (κ3) is 4.87. The van der Waals surface area contributed by atoms with Crippen LogP contribution in [0.2, 0.25) is 0 Å². The van der Waals surface area contributed by atoms with Crippen molar-refractivity contribution in [2.45, 2.75) is 46.3 Å². The van der Waals surface area contributed by atoms with E-state index >= 15 is 0 Å². The molecule has 5 heteroatoms. The number of nitrogens with zero attached hydrogens (tertiary/aromatic N) is 1. The summed E-state index contributed by atoms with van der Waals surface area (Å²) in [5.74, 6) is 0.357. The highest BCUT2D eigenvalue weighted by atomic mass is 16.6. The van der Waals surface area contributed by atoms with E-state index in [2.05, 4.69) is 12.2 Å². The van der Waals surface area contributed by atoms with Crippen molar-refractivity contribution in [1.29, 1.82) is 0 Å². The number of nitro groups is 1. The SMILES string of the molecule is CCCNCc1ccc([N+](=O)[O-])c(OC(C)CC)c1. The van der Waals surface area contributed by atoms with Crippen molar-refractivity contribution >= 4 is 5.69 Å². The van der Waals surface area contributed by atoms with Crippen molar-refractivity contribution in [2.24, 2.45) is 0 Å². The van der Waals surface area contributed by atoms with Gasteiger partial charge in [0.05, 0.1) is 11.0 Å². The molecule has 0 radical (unpaired) electrons. The second-order valence-electron chi connectivity index (χ2n) is 4.57. The molecule has 1 aromatic carbocycles. The Bertz CT molecular complexity index is 421. The van der Waals surface area contributed by atoms with Crippen molar-refractivity contribution in [3.63, 3.8) is 0 Å². The highest BCUT2D eigenvalue weighted by Gasteiger charge is 2.17. The molecule has 0 aliphatic carbocycles. The molecule has 1 rings (SSSR count). The second kappa shape index (κ2) is 7.74. The van der Waals surface area contributed by atoms with E-state index in [4.69, 9.17) is 4.74 Å². The van der Waals surface area contributed by atoms with Gasteiger partial charge in [0.2, 0.25) is 0 Å². The third-order valence-electron chi connectivity index (χ3n) is 2.88. The molecular weight excluding hydrogens is 244 g/mol. The monoisotopic (exact) mass is 266 g/mol. The predicted octanol–water partition coefficient (Wildman–Crippen LogP) is 3.27. The molecule has 0 aromatic heterocycles. The lowest BCUT2D eigenvalue weighted by atomic mass is 10.2. The van der Waals surface area contributed by atoms with Crippen molar-refractivity contribution in [1.82, 2.24) is 5.32 Å². The molecule has 0 spiro atoms. The van der Waals surface area contributed by atoms with Crippen molar-refractivity contribution in [3.05, 3.63) is 33.9 Å². The molecule has 106 valence electrons. The van der Waals surface area contributed by atoms with E-state index in [1.165, 1.54) is 6.07 Å². The minimum atomic E-state index is -0.402. The first-order valence-corrected chi connectivity index (χ1v) is 6.73. The lowest BCUT2D eigenvalue weighted by molar-refractivity contribution is -0.386. The van der Waals surface area contributed by atoms with Crippen LogP contribution in [0.1, 0.15) is 39.2 Å². The van der Waals surface area contributed by atoms with Gasteiger partial charge < -0.3 is 10.1 Å². The van der Waals surface area contributed by atoms with Crippen LogP contribution >= 0.6 is 0 Å². The van der Waals surface area contributed by atoms with Gasteiger partial charge in [0, 0.05) is 12.6 Å². The van der Waals surface area contributed by atoms with Crippen LogP contribution in [0.25, 0.3) is 0 Å². The molecule has 0 fully saturated rings. The summed E-state index contributed by atoms with van der Waals surface area (Å²) in [5, 5.41) is 14.2. The van der Waals surface area contributed by atoms with Crippen molar-refractivity contribution < 1.29 is 9.66 Å². The Morgan fingerprint density at radius 2 is 2.16 bits per heavy atom. The molecule has 1 atom stereocenters. The second-order valence-corrected chi connectivity index (χ2v) is 4.57. The molecule has 0 heterocycles. The first-order valence-electron chi connectivity index (χ1n) is 6.73. The van der Waals surface area contributed by atoms with E-state index in [0.717, 1.165) is 24.9 Å². The van der Waals surface area contributed by atoms with Crippen molar-refractivity contribution in [3.8, 4) is 5.75 Å². The normalized spacial score (nSPS) is 12.2. The van der Waals surface area contributed by atoms with E-state index in [0.29, 0.717) is 12.3 Å². The van der Waals surface area contributed by atoms with E-state index < -0.39 is 4.92 Å². The average Bonchev–Trinajstić information content (AvgIpc) is 2.38. The summed E-state index contributed by atoms with van der Waals surface area (Å²) in [4.78, 5) is 10.6. The smallest absolute Gasteiger partial charge is 0.310 e. The van der Waals surface area contributed by atoms with Gasteiger partial charge in [-0.15, -0.1) is 0 Å². The summed E-state index contributed by atoms with van der Waals surface area (Å²) in [6.45, 7) is 7.62. The Hall–Kier alpha value is -1.62. The quantitative estimate of drug-likeness (QED) is 0.445. The molecule has 5 nitrogen and oxygen atoms in total. The summed E-state index contributed by atoms with van der Waals surface area (Å²) >= 11 is 0. The minimum Gasteiger partial charge on any atom is -0.484 e. The zero-order valence-corrected chi connectivity index (χ0v) is 11.8. The van der Waals surface area contributed by atoms with Crippen LogP contribution in [0.3, 0.4) is 0 Å². The largest absolute Gasteiger partial charge is 0.484 e. The van der Waals surface area contributed by atoms with Crippen molar-refractivity contribution in [2.75, 3.05) is 6.54 Å². The third-order valence-corrected chi connectivity index (χ3v) is 2.88. The number of rotatable bonds is 8. The van der Waals surface area contributed by atoms with E-state index in [1.807, 2.05) is 13.8 Å². The summed E-state index contributed by atoms with van der Waals surface area (Å²) < 4.78 is 5.63. The number of ether oxygens (including phenoxy) is 1. The lowest BCUT2D eigenvalue weighted by Crippen LogP contribution is -2.15. The van der Waals surface area contributed by atoms with Crippen LogP contribution in [-0.4, -0.2) is 17.6 Å². The molecule has 0 bridgehead atoms. The maximum atomic E-state index is 11.0. The molecular formula is C14H22N2O3. The van der Waals surface area contributed by atoms with Crippen LogP contribution in [0.4, 0.5) is 5.69 Å². The molecule has 0 aliphatic rings. The number of hydrogen-bond donors (Lipinski definition) is 1. The van der Waals surface area contributed by atoms with Gasteiger partial charge in [0.1, 0.15) is 0 Å². The Kier molecular flexibility index (Phi) is 6.29. The van der Waals surface area contributed by atoms with Crippen LogP contribution in [0, 0.1) is 10.1 Å². The maximum Gasteiger partial charge on any atom is 0.310 e. The number of nitrogens with one attached hydrogen (secondary N) is 1. The average molecular weight is 266 g/mol. The van der Waals surface area contributed by atoms with Gasteiger partial charge in [0.15, 0.2) is 5.75 Å². The van der Waals surface area contributed by atoms with Crippen LogP contribution in [0.15, 0.2) is 18.2 Å². The number of nitro benzene ring substituents is 1. The van der Waals surface area contributed by atoms with Gasteiger partial charge in [0.25, 0.3) is 0 Å². The first kappa shape index (κ1) is 15.4. The van der Waals surface area contributed by atoms with Crippen LogP contribution in [-0.2, 0) is 6.54 Å². The molecule has 1 aromatic rings. The van der Waals surface area contributed by atoms with Gasteiger partial charge in [-0.2, -0.15) is 0 Å².